The first-order valence-electron chi connectivity index (χ1n) is 7.76. The van der Waals surface area contributed by atoms with Crippen molar-refractivity contribution in [1.29, 1.82) is 0 Å². The van der Waals surface area contributed by atoms with Crippen LogP contribution in [0.25, 0.3) is 0 Å². The number of carbonyl (C=O) groups excluding carboxylic acids is 2. The quantitative estimate of drug-likeness (QED) is 0.748. The molecule has 0 saturated carbocycles. The maximum atomic E-state index is 12.0. The summed E-state index contributed by atoms with van der Waals surface area (Å²) in [7, 11) is -0.615. The maximum absolute atomic E-state index is 12.0. The van der Waals surface area contributed by atoms with Crippen LogP contribution >= 0.6 is 0 Å². The molecule has 2 rings (SSSR count). The van der Waals surface area contributed by atoms with E-state index in [0.717, 1.165) is 4.31 Å². The first kappa shape index (κ1) is 19.6. The van der Waals surface area contributed by atoms with E-state index in [1.54, 1.807) is 24.3 Å². The summed E-state index contributed by atoms with van der Waals surface area (Å²) in [6.45, 7) is 1.21. The van der Waals surface area contributed by atoms with Crippen LogP contribution in [0.15, 0.2) is 53.4 Å². The fourth-order valence-electron chi connectivity index (χ4n) is 2.07. The number of nitrogens with zero attached hydrogens (tertiary/aromatic N) is 1. The van der Waals surface area contributed by atoms with Crippen molar-refractivity contribution in [2.75, 3.05) is 26.0 Å². The molecule has 0 aromatic heterocycles. The first-order valence-corrected chi connectivity index (χ1v) is 9.20. The molecule has 7 nitrogen and oxygen atoms in total. The fraction of sp³-hybridized carbons (Fsp3) is 0.222. The Morgan fingerprint density at radius 1 is 1.08 bits per heavy atom. The molecule has 2 aromatic rings. The Morgan fingerprint density at radius 3 is 2.31 bits per heavy atom. The van der Waals surface area contributed by atoms with Crippen molar-refractivity contribution in [2.24, 2.45) is 0 Å². The summed E-state index contributed by atoms with van der Waals surface area (Å²) in [6, 6.07) is 12.4. The summed E-state index contributed by atoms with van der Waals surface area (Å²) in [5.74, 6) is -0.0746. The monoisotopic (exact) mass is 376 g/mol. The van der Waals surface area contributed by atoms with E-state index in [2.05, 4.69) is 5.32 Å². The van der Waals surface area contributed by atoms with Crippen LogP contribution < -0.4 is 10.1 Å². The average Bonchev–Trinajstić information content (AvgIpc) is 2.60. The number of ketones is 1. The number of anilines is 1. The molecule has 0 fully saturated rings. The van der Waals surface area contributed by atoms with Gasteiger partial charge in [-0.2, -0.15) is 0 Å². The lowest BCUT2D eigenvalue weighted by Gasteiger charge is -2.12. The highest BCUT2D eigenvalue weighted by Gasteiger charge is 2.16. The molecule has 0 saturated heterocycles. The minimum atomic E-state index is -3.51. The highest BCUT2D eigenvalue weighted by atomic mass is 32.2. The van der Waals surface area contributed by atoms with Crippen LogP contribution in [0.3, 0.4) is 0 Å². The fourth-order valence-corrected chi connectivity index (χ4v) is 2.97. The van der Waals surface area contributed by atoms with Crippen LogP contribution in [-0.4, -0.2) is 45.1 Å². The van der Waals surface area contributed by atoms with Gasteiger partial charge in [0, 0.05) is 25.3 Å². The zero-order valence-electron chi connectivity index (χ0n) is 14.7. The van der Waals surface area contributed by atoms with Crippen LogP contribution in [0.5, 0.6) is 5.75 Å². The Hall–Kier alpha value is -2.71. The predicted molar refractivity (Wildman–Crippen MR) is 97.9 cm³/mol. The minimum Gasteiger partial charge on any atom is -0.484 e. The van der Waals surface area contributed by atoms with E-state index in [1.165, 1.54) is 45.3 Å². The number of ether oxygens (including phenoxy) is 1. The molecule has 1 N–H and O–H groups in total. The van der Waals surface area contributed by atoms with Gasteiger partial charge in [-0.3, -0.25) is 9.59 Å². The molecule has 0 aliphatic carbocycles. The predicted octanol–water partition coefficient (Wildman–Crippen LogP) is 2.16. The Bertz CT molecular complexity index is 905. The van der Waals surface area contributed by atoms with Crippen molar-refractivity contribution < 1.29 is 22.7 Å². The third kappa shape index (κ3) is 4.90. The van der Waals surface area contributed by atoms with E-state index in [0.29, 0.717) is 17.0 Å². The number of amides is 1. The summed E-state index contributed by atoms with van der Waals surface area (Å²) >= 11 is 0. The third-order valence-corrected chi connectivity index (χ3v) is 5.36. The van der Waals surface area contributed by atoms with E-state index >= 15 is 0 Å². The molecule has 0 unspecified atom stereocenters. The molecule has 0 bridgehead atoms. The van der Waals surface area contributed by atoms with Crippen molar-refractivity contribution >= 4 is 27.4 Å². The van der Waals surface area contributed by atoms with Crippen molar-refractivity contribution in [3.05, 3.63) is 54.1 Å². The van der Waals surface area contributed by atoms with E-state index in [9.17, 15) is 18.0 Å². The van der Waals surface area contributed by atoms with Crippen LogP contribution in [0.2, 0.25) is 0 Å². The Balaban J connectivity index is 1.96. The van der Waals surface area contributed by atoms with Gasteiger partial charge >= 0.3 is 0 Å². The summed E-state index contributed by atoms with van der Waals surface area (Å²) in [4.78, 5) is 23.4. The van der Waals surface area contributed by atoms with Crippen molar-refractivity contribution in [3.63, 3.8) is 0 Å². The van der Waals surface area contributed by atoms with Gasteiger partial charge in [-0.25, -0.2) is 12.7 Å². The number of carbonyl (C=O) groups is 2. The summed E-state index contributed by atoms with van der Waals surface area (Å²) < 4.78 is 30.5. The highest BCUT2D eigenvalue weighted by molar-refractivity contribution is 7.89. The SMILES string of the molecule is CC(=O)c1cccc(OCC(=O)Nc2ccc(S(=O)(=O)N(C)C)cc2)c1. The zero-order chi connectivity index (χ0) is 19.3. The van der Waals surface area contributed by atoms with Gasteiger partial charge in [0.25, 0.3) is 5.91 Å². The van der Waals surface area contributed by atoms with Gasteiger partial charge in [0.2, 0.25) is 10.0 Å². The van der Waals surface area contributed by atoms with Gasteiger partial charge in [-0.1, -0.05) is 12.1 Å². The van der Waals surface area contributed by atoms with Crippen LogP contribution in [0.1, 0.15) is 17.3 Å². The van der Waals surface area contributed by atoms with Crippen LogP contribution in [-0.2, 0) is 14.8 Å². The summed E-state index contributed by atoms with van der Waals surface area (Å²) in [6.07, 6.45) is 0. The van der Waals surface area contributed by atoms with E-state index in [-0.39, 0.29) is 17.3 Å². The number of rotatable bonds is 7. The molecule has 0 aliphatic rings. The Morgan fingerprint density at radius 2 is 1.73 bits per heavy atom. The minimum absolute atomic E-state index is 0.0901. The van der Waals surface area contributed by atoms with Gasteiger partial charge in [-0.05, 0) is 43.3 Å². The van der Waals surface area contributed by atoms with Gasteiger partial charge in [0.1, 0.15) is 5.75 Å². The lowest BCUT2D eigenvalue weighted by Crippen LogP contribution is -2.22. The molecule has 0 atom stereocenters. The molecule has 1 amide bonds. The molecule has 8 heteroatoms. The second-order valence-corrected chi connectivity index (χ2v) is 7.88. The van der Waals surface area contributed by atoms with Crippen LogP contribution in [0, 0.1) is 0 Å². The number of benzene rings is 2. The van der Waals surface area contributed by atoms with Crippen LogP contribution in [0.4, 0.5) is 5.69 Å². The molecular weight excluding hydrogens is 356 g/mol. The van der Waals surface area contributed by atoms with Gasteiger partial charge in [-0.15, -0.1) is 0 Å². The molecule has 0 heterocycles. The summed E-state index contributed by atoms with van der Waals surface area (Å²) in [5.41, 5.74) is 0.953. The second kappa shape index (κ2) is 8.11. The smallest absolute Gasteiger partial charge is 0.262 e. The Kier molecular flexibility index (Phi) is 6.12. The maximum Gasteiger partial charge on any atom is 0.262 e. The largest absolute Gasteiger partial charge is 0.484 e. The first-order chi connectivity index (χ1) is 12.2. The molecule has 0 spiro atoms. The topological polar surface area (TPSA) is 92.8 Å². The number of nitrogens with one attached hydrogen (secondary N) is 1. The number of sulfonamides is 1. The van der Waals surface area contributed by atoms with Gasteiger partial charge < -0.3 is 10.1 Å². The molecule has 26 heavy (non-hydrogen) atoms. The Labute approximate surface area is 152 Å². The molecule has 2 aromatic carbocycles. The third-order valence-electron chi connectivity index (χ3n) is 3.53. The number of Topliss-reactive ketones (excluding diaryl/α,β-unsaturated/α-hetero) is 1. The second-order valence-electron chi connectivity index (χ2n) is 5.73. The molecule has 138 valence electrons. The van der Waals surface area contributed by atoms with Crippen molar-refractivity contribution in [1.82, 2.24) is 4.31 Å². The average molecular weight is 376 g/mol. The highest BCUT2D eigenvalue weighted by Crippen LogP contribution is 2.17. The number of hydrogen-bond donors (Lipinski definition) is 1. The standard InChI is InChI=1S/C18H20N2O5S/c1-13(21)14-5-4-6-16(11-14)25-12-18(22)19-15-7-9-17(10-8-15)26(23,24)20(2)3/h4-11H,12H2,1-3H3,(H,19,22). The molecule has 0 radical (unpaired) electrons. The van der Waals surface area contributed by atoms with E-state index < -0.39 is 15.9 Å². The van der Waals surface area contributed by atoms with Crippen molar-refractivity contribution in [3.8, 4) is 5.75 Å². The zero-order valence-corrected chi connectivity index (χ0v) is 15.5. The van der Waals surface area contributed by atoms with Gasteiger partial charge in [0.05, 0.1) is 4.90 Å². The lowest BCUT2D eigenvalue weighted by molar-refractivity contribution is -0.118. The molecular formula is C18H20N2O5S. The van der Waals surface area contributed by atoms with E-state index in [1.807, 2.05) is 0 Å². The van der Waals surface area contributed by atoms with Gasteiger partial charge in [0.15, 0.2) is 12.4 Å². The van der Waals surface area contributed by atoms with E-state index in [4.69, 9.17) is 4.74 Å². The molecule has 0 aliphatic heterocycles. The lowest BCUT2D eigenvalue weighted by atomic mass is 10.1. The number of hydrogen-bond acceptors (Lipinski definition) is 5. The normalized spacial score (nSPS) is 11.2. The summed E-state index contributed by atoms with van der Waals surface area (Å²) in [5, 5.41) is 2.62. The van der Waals surface area contributed by atoms with Crippen molar-refractivity contribution in [2.45, 2.75) is 11.8 Å².